The van der Waals surface area contributed by atoms with Gasteiger partial charge in [-0.1, -0.05) is 17.7 Å². The van der Waals surface area contributed by atoms with E-state index in [9.17, 15) is 18.0 Å². The van der Waals surface area contributed by atoms with Crippen molar-refractivity contribution in [2.24, 2.45) is 0 Å². The second-order valence-electron chi connectivity index (χ2n) is 6.07. The maximum atomic E-state index is 12.9. The van der Waals surface area contributed by atoms with Crippen LogP contribution >= 0.6 is 11.6 Å². The zero-order valence-corrected chi connectivity index (χ0v) is 15.4. The van der Waals surface area contributed by atoms with Gasteiger partial charge in [-0.15, -0.1) is 0 Å². The third-order valence-corrected chi connectivity index (χ3v) is 4.79. The van der Waals surface area contributed by atoms with Gasteiger partial charge in [-0.3, -0.25) is 9.69 Å². The number of fused-ring (bicyclic) bond motifs is 1. The number of halogens is 4. The number of H-pyrrole nitrogens is 1. The average molecular weight is 404 g/mol. The van der Waals surface area contributed by atoms with Crippen LogP contribution < -0.4 is 15.0 Å². The number of alkyl halides is 3. The normalized spacial score (nSPS) is 14.7. The van der Waals surface area contributed by atoms with Crippen LogP contribution in [0.1, 0.15) is 22.6 Å². The van der Waals surface area contributed by atoms with Crippen LogP contribution in [0, 0.1) is 0 Å². The Hall–Kier alpha value is -2.26. The van der Waals surface area contributed by atoms with E-state index in [0.29, 0.717) is 36.0 Å². The Balaban J connectivity index is 1.87. The summed E-state index contributed by atoms with van der Waals surface area (Å²) in [7, 11) is 2.97. The van der Waals surface area contributed by atoms with E-state index in [1.54, 1.807) is 12.1 Å². The molecule has 0 atom stereocenters. The fourth-order valence-electron chi connectivity index (χ4n) is 3.06. The highest BCUT2D eigenvalue weighted by Crippen LogP contribution is 2.38. The molecule has 146 valence electrons. The summed E-state index contributed by atoms with van der Waals surface area (Å²) in [5, 5.41) is 0.373. The van der Waals surface area contributed by atoms with E-state index in [2.05, 4.69) is 4.98 Å². The molecule has 0 saturated carbocycles. The third-order valence-electron chi connectivity index (χ3n) is 4.38. The van der Waals surface area contributed by atoms with Gasteiger partial charge in [0, 0.05) is 25.2 Å². The third kappa shape index (κ3) is 3.89. The molecule has 0 radical (unpaired) electrons. The highest BCUT2D eigenvalue weighted by atomic mass is 35.5. The quantitative estimate of drug-likeness (QED) is 0.850. The number of hydrogen-bond acceptors (Lipinski definition) is 5. The lowest BCUT2D eigenvalue weighted by Gasteiger charge is -2.28. The van der Waals surface area contributed by atoms with Crippen molar-refractivity contribution in [1.29, 1.82) is 0 Å². The van der Waals surface area contributed by atoms with Gasteiger partial charge in [0.25, 0.3) is 5.56 Å². The van der Waals surface area contributed by atoms with Gasteiger partial charge in [0.1, 0.15) is 0 Å². The molecule has 1 N–H and O–H groups in total. The van der Waals surface area contributed by atoms with Crippen LogP contribution in [-0.4, -0.2) is 35.6 Å². The Kier molecular flexibility index (Phi) is 5.34. The van der Waals surface area contributed by atoms with Crippen LogP contribution in [0.5, 0.6) is 11.5 Å². The van der Waals surface area contributed by atoms with Crippen LogP contribution in [0.15, 0.2) is 16.9 Å². The van der Waals surface area contributed by atoms with Crippen LogP contribution in [0.2, 0.25) is 5.02 Å². The lowest BCUT2D eigenvalue weighted by atomic mass is 10.1. The Bertz CT molecular complexity index is 915. The number of nitrogens with one attached hydrogen (secondary N) is 1. The molecule has 0 fully saturated rings. The number of methoxy groups -OCH3 is 2. The van der Waals surface area contributed by atoms with Crippen LogP contribution in [0.3, 0.4) is 0 Å². The van der Waals surface area contributed by atoms with Gasteiger partial charge in [0.05, 0.1) is 24.9 Å². The summed E-state index contributed by atoms with van der Waals surface area (Å²) in [6.07, 6.45) is -4.40. The lowest BCUT2D eigenvalue weighted by molar-refractivity contribution is -0.145. The Morgan fingerprint density at radius 3 is 2.67 bits per heavy atom. The molecule has 1 aliphatic heterocycles. The smallest absolute Gasteiger partial charge is 0.449 e. The van der Waals surface area contributed by atoms with Crippen molar-refractivity contribution in [3.8, 4) is 11.5 Å². The first kappa shape index (κ1) is 19.5. The van der Waals surface area contributed by atoms with Crippen molar-refractivity contribution in [3.05, 3.63) is 50.2 Å². The maximum absolute atomic E-state index is 12.9. The lowest BCUT2D eigenvalue weighted by Crippen LogP contribution is -2.36. The molecular weight excluding hydrogens is 387 g/mol. The summed E-state index contributed by atoms with van der Waals surface area (Å²) in [5.74, 6) is -0.404. The van der Waals surface area contributed by atoms with Gasteiger partial charge >= 0.3 is 6.18 Å². The molecule has 1 aromatic heterocycles. The minimum Gasteiger partial charge on any atom is -0.493 e. The minimum atomic E-state index is -4.71. The summed E-state index contributed by atoms with van der Waals surface area (Å²) in [5.41, 5.74) is 0.418. The largest absolute Gasteiger partial charge is 0.493 e. The zero-order valence-electron chi connectivity index (χ0n) is 14.6. The van der Waals surface area contributed by atoms with Gasteiger partial charge in [-0.25, -0.2) is 4.98 Å². The molecule has 2 aromatic rings. The van der Waals surface area contributed by atoms with E-state index >= 15 is 0 Å². The number of benzene rings is 1. The van der Waals surface area contributed by atoms with E-state index in [-0.39, 0.29) is 17.8 Å². The van der Waals surface area contributed by atoms with Crippen molar-refractivity contribution < 1.29 is 22.6 Å². The van der Waals surface area contributed by atoms with Crippen LogP contribution in [0.25, 0.3) is 0 Å². The van der Waals surface area contributed by atoms with Crippen molar-refractivity contribution in [1.82, 2.24) is 14.9 Å². The highest BCUT2D eigenvalue weighted by Gasteiger charge is 2.36. The molecule has 10 heteroatoms. The van der Waals surface area contributed by atoms with Gasteiger partial charge in [-0.05, 0) is 18.1 Å². The fraction of sp³-hybridized carbons (Fsp3) is 0.412. The molecule has 0 unspecified atom stereocenters. The zero-order chi connectivity index (χ0) is 19.8. The molecule has 0 amide bonds. The predicted octanol–water partition coefficient (Wildman–Crippen LogP) is 3.02. The highest BCUT2D eigenvalue weighted by molar-refractivity contribution is 6.33. The second-order valence-corrected chi connectivity index (χ2v) is 6.45. The molecule has 0 saturated heterocycles. The van der Waals surface area contributed by atoms with E-state index in [4.69, 9.17) is 21.1 Å². The van der Waals surface area contributed by atoms with Crippen molar-refractivity contribution in [2.45, 2.75) is 25.7 Å². The number of ether oxygens (including phenoxy) is 2. The fourth-order valence-corrected chi connectivity index (χ4v) is 3.35. The Labute approximate surface area is 157 Å². The monoisotopic (exact) mass is 403 g/mol. The first-order chi connectivity index (χ1) is 12.7. The molecule has 0 aliphatic carbocycles. The SMILES string of the molecule is COc1ccc(CN2CCc3c(nc(C(F)(F)F)[nH]c3=O)C2)c(Cl)c1OC. The van der Waals surface area contributed by atoms with Crippen molar-refractivity contribution >= 4 is 11.6 Å². The number of aromatic amines is 1. The van der Waals surface area contributed by atoms with Gasteiger partial charge in [0.2, 0.25) is 5.82 Å². The summed E-state index contributed by atoms with van der Waals surface area (Å²) in [4.78, 5) is 19.3. The number of nitrogens with zero attached hydrogens (tertiary/aromatic N) is 2. The average Bonchev–Trinajstić information content (AvgIpc) is 2.62. The summed E-state index contributed by atoms with van der Waals surface area (Å²) in [6.45, 7) is 0.981. The Morgan fingerprint density at radius 1 is 1.30 bits per heavy atom. The number of hydrogen-bond donors (Lipinski definition) is 1. The van der Waals surface area contributed by atoms with E-state index < -0.39 is 17.6 Å². The van der Waals surface area contributed by atoms with Gasteiger partial charge in [0.15, 0.2) is 11.5 Å². The molecule has 2 heterocycles. The molecule has 27 heavy (non-hydrogen) atoms. The maximum Gasteiger partial charge on any atom is 0.449 e. The van der Waals surface area contributed by atoms with Gasteiger partial charge < -0.3 is 14.5 Å². The molecule has 0 bridgehead atoms. The molecule has 6 nitrogen and oxygen atoms in total. The van der Waals surface area contributed by atoms with Crippen molar-refractivity contribution in [2.75, 3.05) is 20.8 Å². The first-order valence-corrected chi connectivity index (χ1v) is 8.43. The summed E-state index contributed by atoms with van der Waals surface area (Å²) < 4.78 is 49.2. The number of rotatable bonds is 4. The van der Waals surface area contributed by atoms with E-state index in [1.807, 2.05) is 9.88 Å². The first-order valence-electron chi connectivity index (χ1n) is 8.05. The minimum absolute atomic E-state index is 0.118. The number of aromatic nitrogens is 2. The van der Waals surface area contributed by atoms with Gasteiger partial charge in [-0.2, -0.15) is 13.2 Å². The molecule has 1 aliphatic rings. The molecule has 1 aromatic carbocycles. The molecular formula is C17H17ClF3N3O3. The topological polar surface area (TPSA) is 67.5 Å². The summed E-state index contributed by atoms with van der Waals surface area (Å²) >= 11 is 6.37. The summed E-state index contributed by atoms with van der Waals surface area (Å²) in [6, 6.07) is 3.48. The standard InChI is InChI=1S/C17H17ClF3N3O3/c1-26-12-4-3-9(13(18)14(12)27-2)7-24-6-5-10-11(8-24)22-16(17(19,20)21)23-15(10)25/h3-4H,5-8H2,1-2H3,(H,22,23,25). The molecule has 0 spiro atoms. The second kappa shape index (κ2) is 7.40. The van der Waals surface area contributed by atoms with Crippen LogP contribution in [0.4, 0.5) is 13.2 Å². The van der Waals surface area contributed by atoms with Crippen molar-refractivity contribution in [3.63, 3.8) is 0 Å². The Morgan fingerprint density at radius 2 is 2.04 bits per heavy atom. The van der Waals surface area contributed by atoms with E-state index in [0.717, 1.165) is 5.56 Å². The van der Waals surface area contributed by atoms with E-state index in [1.165, 1.54) is 14.2 Å². The van der Waals surface area contributed by atoms with Crippen LogP contribution in [-0.2, 0) is 25.7 Å². The molecule has 3 rings (SSSR count). The predicted molar refractivity (Wildman–Crippen MR) is 92.2 cm³/mol.